The predicted molar refractivity (Wildman–Crippen MR) is 140 cm³/mol. The zero-order valence-corrected chi connectivity index (χ0v) is 23.1. The van der Waals surface area contributed by atoms with Crippen LogP contribution in [0.4, 0.5) is 0 Å². The van der Waals surface area contributed by atoms with Crippen molar-refractivity contribution in [1.82, 2.24) is 14.5 Å². The van der Waals surface area contributed by atoms with Crippen molar-refractivity contribution in [2.75, 3.05) is 0 Å². The molecular weight excluding hydrogens is 611 g/mol. The van der Waals surface area contributed by atoms with Crippen LogP contribution in [0, 0.1) is 19.9 Å². The first-order valence-electron chi connectivity index (χ1n) is 11.5. The summed E-state index contributed by atoms with van der Waals surface area (Å²) in [7, 11) is 1.90. The number of fused-ring (bicyclic) bond motifs is 1. The van der Waals surface area contributed by atoms with Gasteiger partial charge in [0.2, 0.25) is 0 Å². The third-order valence-corrected chi connectivity index (χ3v) is 5.83. The minimum absolute atomic E-state index is 0. The molecule has 0 spiro atoms. The van der Waals surface area contributed by atoms with Gasteiger partial charge in [-0.3, -0.25) is 0 Å². The van der Waals surface area contributed by atoms with Crippen LogP contribution in [0.3, 0.4) is 0 Å². The first-order chi connectivity index (χ1) is 16.3. The molecule has 0 fully saturated rings. The molecule has 0 unspecified atom stereocenters. The molecule has 0 atom stereocenters. The van der Waals surface area contributed by atoms with Gasteiger partial charge in [0, 0.05) is 45.7 Å². The number of benzene rings is 3. The van der Waals surface area contributed by atoms with Gasteiger partial charge in [-0.1, -0.05) is 58.0 Å². The summed E-state index contributed by atoms with van der Waals surface area (Å²) in [4.78, 5) is 8.78. The number of nitrogens with zero attached hydrogens (tertiary/aromatic N) is 3. The van der Waals surface area contributed by atoms with E-state index in [2.05, 4.69) is 80.1 Å². The average Bonchev–Trinajstić information content (AvgIpc) is 3.24. The van der Waals surface area contributed by atoms with Crippen LogP contribution in [0.2, 0.25) is 0 Å². The van der Waals surface area contributed by atoms with Crippen LogP contribution in [-0.2, 0) is 27.2 Å². The van der Waals surface area contributed by atoms with Crippen molar-refractivity contribution in [2.24, 2.45) is 7.05 Å². The van der Waals surface area contributed by atoms with E-state index in [1.807, 2.05) is 36.1 Å². The van der Waals surface area contributed by atoms with Gasteiger partial charge in [-0.25, -0.2) is 4.98 Å². The number of para-hydroxylation sites is 1. The molecular formula is C30H30IrN3O-. The standard InChI is InChI=1S/C20H20N.C10H10N2O.Ir/c1-13(2)17-6-5-16-7-8-21-20(19(16)12-17)18-10-14(3)9-15(4)11-18;1-12-7-6-11-10(12)8-4-2-3-5-9(8)13;/h5-10,12-13H,1-4H3;2-7,13H,1H3;/q-1;;. The summed E-state index contributed by atoms with van der Waals surface area (Å²) < 4.78 is 1.87. The Labute approximate surface area is 221 Å². The largest absolute Gasteiger partial charge is 0.507 e. The van der Waals surface area contributed by atoms with Crippen LogP contribution >= 0.6 is 0 Å². The van der Waals surface area contributed by atoms with Crippen LogP contribution in [0.5, 0.6) is 5.75 Å². The van der Waals surface area contributed by atoms with Gasteiger partial charge in [0.15, 0.2) is 0 Å². The molecule has 5 aromatic rings. The Bertz CT molecular complexity index is 1420. The summed E-state index contributed by atoms with van der Waals surface area (Å²) in [5.74, 6) is 1.56. The van der Waals surface area contributed by atoms with Gasteiger partial charge in [-0.15, -0.1) is 34.9 Å². The van der Waals surface area contributed by atoms with Crippen LogP contribution in [-0.4, -0.2) is 19.6 Å². The number of phenols is 1. The summed E-state index contributed by atoms with van der Waals surface area (Å²) in [5, 5.41) is 12.0. The second-order valence-electron chi connectivity index (χ2n) is 8.93. The average molecular weight is 641 g/mol. The minimum Gasteiger partial charge on any atom is -0.507 e. The molecule has 0 saturated heterocycles. The van der Waals surface area contributed by atoms with Crippen molar-refractivity contribution in [3.8, 4) is 28.4 Å². The maximum Gasteiger partial charge on any atom is 0.143 e. The number of aromatic nitrogens is 3. The Hall–Kier alpha value is -3.27. The molecule has 0 aliphatic heterocycles. The van der Waals surface area contributed by atoms with Gasteiger partial charge in [0.1, 0.15) is 11.6 Å². The van der Waals surface area contributed by atoms with E-state index in [1.165, 1.54) is 21.9 Å². The summed E-state index contributed by atoms with van der Waals surface area (Å²) in [6.45, 7) is 8.65. The smallest absolute Gasteiger partial charge is 0.143 e. The monoisotopic (exact) mass is 641 g/mol. The van der Waals surface area contributed by atoms with Gasteiger partial charge in [0.25, 0.3) is 0 Å². The molecule has 0 aliphatic rings. The molecule has 0 amide bonds. The molecule has 2 aromatic heterocycles. The first kappa shape index (κ1) is 26.3. The minimum atomic E-state index is 0. The summed E-state index contributed by atoms with van der Waals surface area (Å²) in [6.07, 6.45) is 5.45. The summed E-state index contributed by atoms with van der Waals surface area (Å²) in [5.41, 5.74) is 6.63. The van der Waals surface area contributed by atoms with Gasteiger partial charge in [-0.2, -0.15) is 0 Å². The third-order valence-electron chi connectivity index (χ3n) is 5.83. The Morgan fingerprint density at radius 1 is 0.914 bits per heavy atom. The molecule has 2 heterocycles. The van der Waals surface area contributed by atoms with Crippen LogP contribution in [0.25, 0.3) is 33.4 Å². The Kier molecular flexibility index (Phi) is 8.61. The number of hydrogen-bond donors (Lipinski definition) is 1. The number of pyridine rings is 1. The molecule has 5 heteroatoms. The van der Waals surface area contributed by atoms with Crippen molar-refractivity contribution >= 4 is 10.8 Å². The zero-order chi connectivity index (χ0) is 24.2. The van der Waals surface area contributed by atoms with Gasteiger partial charge >= 0.3 is 0 Å². The van der Waals surface area contributed by atoms with Crippen molar-refractivity contribution < 1.29 is 25.2 Å². The van der Waals surface area contributed by atoms with Crippen LogP contribution in [0.15, 0.2) is 79.3 Å². The molecule has 5 rings (SSSR count). The van der Waals surface area contributed by atoms with E-state index in [0.29, 0.717) is 5.92 Å². The number of aromatic hydroxyl groups is 1. The van der Waals surface area contributed by atoms with E-state index in [-0.39, 0.29) is 25.9 Å². The number of rotatable bonds is 3. The summed E-state index contributed by atoms with van der Waals surface area (Å²) in [6, 6.07) is 23.7. The van der Waals surface area contributed by atoms with Crippen LogP contribution in [0.1, 0.15) is 36.5 Å². The maximum atomic E-state index is 9.55. The van der Waals surface area contributed by atoms with E-state index < -0.39 is 0 Å². The Balaban J connectivity index is 0.000000211. The molecule has 3 aromatic carbocycles. The molecule has 181 valence electrons. The SMILES string of the molecule is Cc1[c-]c(-c2nccc3ccc(C(C)C)cc23)cc(C)c1.Cn1ccnc1-c1ccccc1O.[Ir]. The predicted octanol–water partition coefficient (Wildman–Crippen LogP) is 7.23. The van der Waals surface area contributed by atoms with E-state index in [9.17, 15) is 5.11 Å². The second kappa shape index (κ2) is 11.4. The molecule has 4 nitrogen and oxygen atoms in total. The fourth-order valence-corrected chi connectivity index (χ4v) is 4.07. The van der Waals surface area contributed by atoms with Crippen LogP contribution < -0.4 is 0 Å². The molecule has 1 radical (unpaired) electrons. The molecule has 35 heavy (non-hydrogen) atoms. The molecule has 0 bridgehead atoms. The van der Waals surface area contributed by atoms with E-state index in [0.717, 1.165) is 28.2 Å². The van der Waals surface area contributed by atoms with Crippen molar-refractivity contribution in [1.29, 1.82) is 0 Å². The number of imidazole rings is 1. The fourth-order valence-electron chi connectivity index (χ4n) is 4.07. The van der Waals surface area contributed by atoms with Gasteiger partial charge in [-0.05, 0) is 46.1 Å². The maximum absolute atomic E-state index is 9.55. The molecule has 1 N–H and O–H groups in total. The Morgan fingerprint density at radius 2 is 1.69 bits per heavy atom. The van der Waals surface area contributed by atoms with Crippen molar-refractivity contribution in [2.45, 2.75) is 33.6 Å². The van der Waals surface area contributed by atoms with E-state index in [1.54, 1.807) is 18.3 Å². The number of aryl methyl sites for hydroxylation is 3. The van der Waals surface area contributed by atoms with E-state index in [4.69, 9.17) is 0 Å². The van der Waals surface area contributed by atoms with Gasteiger partial charge < -0.3 is 14.7 Å². The van der Waals surface area contributed by atoms with Crippen molar-refractivity contribution in [3.63, 3.8) is 0 Å². The molecule has 0 saturated carbocycles. The molecule has 0 aliphatic carbocycles. The van der Waals surface area contributed by atoms with Crippen molar-refractivity contribution in [3.05, 3.63) is 102 Å². The number of phenolic OH excluding ortho intramolecular Hbond substituents is 1. The topological polar surface area (TPSA) is 50.9 Å². The third kappa shape index (κ3) is 6.05. The first-order valence-corrected chi connectivity index (χ1v) is 11.5. The van der Waals surface area contributed by atoms with Gasteiger partial charge in [0.05, 0.1) is 5.56 Å². The number of hydrogen-bond acceptors (Lipinski definition) is 3. The fraction of sp³-hybridized carbons (Fsp3) is 0.200. The zero-order valence-electron chi connectivity index (χ0n) is 20.7. The Morgan fingerprint density at radius 3 is 2.34 bits per heavy atom. The normalized spacial score (nSPS) is 10.6. The summed E-state index contributed by atoms with van der Waals surface area (Å²) >= 11 is 0. The van der Waals surface area contributed by atoms with E-state index >= 15 is 0 Å². The second-order valence-corrected chi connectivity index (χ2v) is 8.93. The quantitative estimate of drug-likeness (QED) is 0.212.